The number of nitrogens with two attached hydrogens (primary N) is 1. The molecule has 8 heteroatoms. The molecule has 0 atom stereocenters. The van der Waals surface area contributed by atoms with Crippen molar-refractivity contribution in [3.05, 3.63) is 56.6 Å². The smallest absolute Gasteiger partial charge is 0.264 e. The van der Waals surface area contributed by atoms with Crippen LogP contribution in [-0.4, -0.2) is 20.9 Å². The molecule has 0 bridgehead atoms. The molecule has 0 spiro atoms. The number of carbonyl (C=O) groups excluding carboxylic acids is 1. The first kappa shape index (κ1) is 17.2. The molecule has 22 heavy (non-hydrogen) atoms. The van der Waals surface area contributed by atoms with Crippen LogP contribution in [0, 0.1) is 3.57 Å². The molecule has 0 saturated carbocycles. The molecule has 0 fully saturated rings. The van der Waals surface area contributed by atoms with Gasteiger partial charge in [0.05, 0.1) is 10.6 Å². The largest absolute Gasteiger partial charge is 0.368 e. The van der Waals surface area contributed by atoms with Crippen molar-refractivity contribution in [2.24, 2.45) is 5.73 Å². The molecule has 2 rings (SSSR count). The Morgan fingerprint density at radius 2 is 1.82 bits per heavy atom. The van der Waals surface area contributed by atoms with Crippen LogP contribution < -0.4 is 10.0 Å². The average Bonchev–Trinajstić information content (AvgIpc) is 2.45. The van der Waals surface area contributed by atoms with E-state index < -0.39 is 22.5 Å². The van der Waals surface area contributed by atoms with E-state index in [4.69, 9.17) is 5.73 Å². The van der Waals surface area contributed by atoms with Crippen LogP contribution in [0.5, 0.6) is 0 Å². The number of nitrogens with zero attached hydrogens (tertiary/aromatic N) is 1. The third-order valence-corrected chi connectivity index (χ3v) is 5.78. The highest BCUT2D eigenvalue weighted by molar-refractivity contribution is 14.1. The molecule has 2 N–H and O–H groups in total. The van der Waals surface area contributed by atoms with Gasteiger partial charge in [-0.1, -0.05) is 22.0 Å². The molecule has 0 saturated heterocycles. The van der Waals surface area contributed by atoms with Crippen molar-refractivity contribution < 1.29 is 13.2 Å². The summed E-state index contributed by atoms with van der Waals surface area (Å²) in [5, 5.41) is 0. The lowest BCUT2D eigenvalue weighted by Gasteiger charge is -2.23. The molecule has 0 aliphatic rings. The van der Waals surface area contributed by atoms with Gasteiger partial charge >= 0.3 is 0 Å². The van der Waals surface area contributed by atoms with Crippen molar-refractivity contribution in [1.82, 2.24) is 0 Å². The van der Waals surface area contributed by atoms with E-state index in [1.807, 2.05) is 6.07 Å². The Bertz CT molecular complexity index is 794. The van der Waals surface area contributed by atoms with Gasteiger partial charge in [-0.25, -0.2) is 8.42 Å². The van der Waals surface area contributed by atoms with Gasteiger partial charge in [-0.3, -0.25) is 9.10 Å². The van der Waals surface area contributed by atoms with E-state index >= 15 is 0 Å². The lowest BCUT2D eigenvalue weighted by Crippen LogP contribution is -2.38. The fourth-order valence-electron chi connectivity index (χ4n) is 1.82. The summed E-state index contributed by atoms with van der Waals surface area (Å²) < 4.78 is 28.2. The molecule has 0 radical (unpaired) electrons. The highest BCUT2D eigenvalue weighted by Crippen LogP contribution is 2.25. The summed E-state index contributed by atoms with van der Waals surface area (Å²) in [6, 6.07) is 13.1. The number of anilines is 1. The van der Waals surface area contributed by atoms with E-state index in [-0.39, 0.29) is 4.90 Å². The van der Waals surface area contributed by atoms with Gasteiger partial charge in [0.15, 0.2) is 0 Å². The number of rotatable bonds is 5. The Labute approximate surface area is 150 Å². The average molecular weight is 495 g/mol. The van der Waals surface area contributed by atoms with Crippen LogP contribution in [0.1, 0.15) is 0 Å². The second-order valence-electron chi connectivity index (χ2n) is 4.41. The number of hydrogen-bond acceptors (Lipinski definition) is 3. The number of amides is 1. The zero-order valence-electron chi connectivity index (χ0n) is 11.2. The van der Waals surface area contributed by atoms with E-state index in [2.05, 4.69) is 38.5 Å². The number of primary amides is 1. The van der Waals surface area contributed by atoms with Crippen LogP contribution in [0.15, 0.2) is 57.9 Å². The van der Waals surface area contributed by atoms with Gasteiger partial charge in [-0.2, -0.15) is 0 Å². The predicted octanol–water partition coefficient (Wildman–Crippen LogP) is 2.73. The normalized spacial score (nSPS) is 11.2. The zero-order chi connectivity index (χ0) is 16.3. The Hall–Kier alpha value is -1.13. The molecule has 0 unspecified atom stereocenters. The minimum Gasteiger partial charge on any atom is -0.368 e. The molecule has 0 heterocycles. The first-order chi connectivity index (χ1) is 10.3. The van der Waals surface area contributed by atoms with Crippen LogP contribution >= 0.6 is 38.5 Å². The van der Waals surface area contributed by atoms with Gasteiger partial charge in [0, 0.05) is 8.04 Å². The van der Waals surface area contributed by atoms with Gasteiger partial charge in [0.1, 0.15) is 6.54 Å². The summed E-state index contributed by atoms with van der Waals surface area (Å²) in [4.78, 5) is 11.4. The van der Waals surface area contributed by atoms with Gasteiger partial charge in [0.25, 0.3) is 10.0 Å². The van der Waals surface area contributed by atoms with Crippen molar-refractivity contribution >= 4 is 60.1 Å². The zero-order valence-corrected chi connectivity index (χ0v) is 15.8. The second-order valence-corrected chi connectivity index (χ2v) is 8.44. The minimum absolute atomic E-state index is 0.0933. The van der Waals surface area contributed by atoms with Gasteiger partial charge < -0.3 is 5.73 Å². The first-order valence-electron chi connectivity index (χ1n) is 6.13. The lowest BCUT2D eigenvalue weighted by molar-refractivity contribution is -0.116. The van der Waals surface area contributed by atoms with E-state index in [9.17, 15) is 13.2 Å². The van der Waals surface area contributed by atoms with Crippen LogP contribution in [0.3, 0.4) is 0 Å². The molecule has 2 aromatic rings. The molecule has 116 valence electrons. The Morgan fingerprint density at radius 3 is 2.36 bits per heavy atom. The van der Waals surface area contributed by atoms with E-state index in [0.717, 1.165) is 12.3 Å². The van der Waals surface area contributed by atoms with Crippen molar-refractivity contribution in [3.8, 4) is 0 Å². The van der Waals surface area contributed by atoms with Crippen molar-refractivity contribution in [2.75, 3.05) is 10.8 Å². The monoisotopic (exact) mass is 494 g/mol. The molecular weight excluding hydrogens is 483 g/mol. The molecule has 0 aliphatic heterocycles. The number of sulfonamides is 1. The number of hydrogen-bond donors (Lipinski definition) is 1. The minimum atomic E-state index is -3.87. The Kier molecular flexibility index (Phi) is 5.45. The van der Waals surface area contributed by atoms with Crippen LogP contribution in [-0.2, 0) is 14.8 Å². The number of halogens is 2. The molecule has 0 aromatic heterocycles. The molecule has 5 nitrogen and oxygen atoms in total. The molecule has 1 amide bonds. The molecule has 0 aliphatic carbocycles. The summed E-state index contributed by atoms with van der Waals surface area (Å²) in [6.07, 6.45) is 0. The fraction of sp³-hybridized carbons (Fsp3) is 0.0714. The van der Waals surface area contributed by atoms with Gasteiger partial charge in [-0.05, 0) is 65.1 Å². The summed E-state index contributed by atoms with van der Waals surface area (Å²) >= 11 is 5.34. The fourth-order valence-corrected chi connectivity index (χ4v) is 4.04. The molecular formula is C14H12BrIN2O3S. The Balaban J connectivity index is 2.53. The first-order valence-corrected chi connectivity index (χ1v) is 9.44. The molecule has 2 aromatic carbocycles. The highest BCUT2D eigenvalue weighted by atomic mass is 127. The lowest BCUT2D eigenvalue weighted by atomic mass is 10.3. The van der Waals surface area contributed by atoms with Gasteiger partial charge in [0.2, 0.25) is 5.91 Å². The predicted molar refractivity (Wildman–Crippen MR) is 97.0 cm³/mol. The topological polar surface area (TPSA) is 80.5 Å². The maximum atomic E-state index is 12.8. The summed E-state index contributed by atoms with van der Waals surface area (Å²) in [5.41, 5.74) is 5.61. The van der Waals surface area contributed by atoms with Gasteiger partial charge in [-0.15, -0.1) is 0 Å². The Morgan fingerprint density at radius 1 is 1.18 bits per heavy atom. The summed E-state index contributed by atoms with van der Waals surface area (Å²) in [5.74, 6) is -0.723. The van der Waals surface area contributed by atoms with E-state index in [1.54, 1.807) is 30.3 Å². The van der Waals surface area contributed by atoms with E-state index in [1.165, 1.54) is 12.1 Å². The maximum Gasteiger partial charge on any atom is 0.264 e. The van der Waals surface area contributed by atoms with Crippen molar-refractivity contribution in [2.45, 2.75) is 4.90 Å². The number of benzene rings is 2. The third kappa shape index (κ3) is 3.99. The van der Waals surface area contributed by atoms with Crippen molar-refractivity contribution in [1.29, 1.82) is 0 Å². The SMILES string of the molecule is NC(=O)CN(c1cccc(I)c1)S(=O)(=O)c1ccc(Br)cc1. The van der Waals surface area contributed by atoms with Crippen molar-refractivity contribution in [3.63, 3.8) is 0 Å². The quantitative estimate of drug-likeness (QED) is 0.649. The highest BCUT2D eigenvalue weighted by Gasteiger charge is 2.26. The third-order valence-electron chi connectivity index (χ3n) is 2.80. The maximum absolute atomic E-state index is 12.8. The summed E-state index contributed by atoms with van der Waals surface area (Å²) in [7, 11) is -3.87. The summed E-state index contributed by atoms with van der Waals surface area (Å²) in [6.45, 7) is -0.418. The van der Waals surface area contributed by atoms with E-state index in [0.29, 0.717) is 5.69 Å². The second kappa shape index (κ2) is 6.97. The van der Waals surface area contributed by atoms with Crippen LogP contribution in [0.4, 0.5) is 5.69 Å². The number of carbonyl (C=O) groups is 1. The van der Waals surface area contributed by atoms with Crippen LogP contribution in [0.2, 0.25) is 0 Å². The standard InChI is InChI=1S/C14H12BrIN2O3S/c15-10-4-6-13(7-5-10)22(20,21)18(9-14(17)19)12-3-1-2-11(16)8-12/h1-8H,9H2,(H2,17,19). The van der Waals surface area contributed by atoms with Crippen LogP contribution in [0.25, 0.3) is 0 Å².